The third kappa shape index (κ3) is 5.43. The number of unbranched alkanes of at least 4 members (excludes halogenated alkanes) is 1. The van der Waals surface area contributed by atoms with E-state index < -0.39 is 0 Å². The van der Waals surface area contributed by atoms with Crippen molar-refractivity contribution in [2.75, 3.05) is 13.2 Å². The third-order valence-corrected chi connectivity index (χ3v) is 3.14. The highest BCUT2D eigenvalue weighted by Gasteiger charge is 1.99. The number of nitrogen functional groups attached to an aromatic ring is 1. The molecule has 0 radical (unpaired) electrons. The van der Waals surface area contributed by atoms with Crippen LogP contribution in [0.3, 0.4) is 0 Å². The number of rotatable bonds is 9. The molecular weight excluding hydrogens is 292 g/mol. The third-order valence-electron chi connectivity index (χ3n) is 3.14. The fraction of sp³-hybridized carbons (Fsp3) is 0.235. The van der Waals surface area contributed by atoms with Gasteiger partial charge in [0.15, 0.2) is 0 Å². The van der Waals surface area contributed by atoms with E-state index in [0.717, 1.165) is 24.2 Å². The van der Waals surface area contributed by atoms with Crippen molar-refractivity contribution in [2.24, 2.45) is 5.73 Å². The van der Waals surface area contributed by atoms with Crippen LogP contribution in [0.5, 0.6) is 11.5 Å². The summed E-state index contributed by atoms with van der Waals surface area (Å²) in [6, 6.07) is 10.8. The van der Waals surface area contributed by atoms with Crippen LogP contribution in [0.15, 0.2) is 42.6 Å². The molecule has 1 aromatic carbocycles. The minimum Gasteiger partial charge on any atom is -0.494 e. The van der Waals surface area contributed by atoms with Gasteiger partial charge in [-0.05, 0) is 54.8 Å². The van der Waals surface area contributed by atoms with Gasteiger partial charge in [-0.1, -0.05) is 0 Å². The van der Waals surface area contributed by atoms with Gasteiger partial charge in [0.1, 0.15) is 23.0 Å². The number of benzene rings is 1. The highest BCUT2D eigenvalue weighted by Crippen LogP contribution is 2.12. The van der Waals surface area contributed by atoms with Gasteiger partial charge in [-0.15, -0.1) is 0 Å². The lowest BCUT2D eigenvalue weighted by atomic mass is 10.2. The maximum absolute atomic E-state index is 7.26. The van der Waals surface area contributed by atoms with Gasteiger partial charge in [0.05, 0.1) is 19.4 Å². The first-order chi connectivity index (χ1) is 11.2. The summed E-state index contributed by atoms with van der Waals surface area (Å²) in [5.74, 6) is 1.42. The molecule has 0 aliphatic heterocycles. The van der Waals surface area contributed by atoms with Gasteiger partial charge in [0.25, 0.3) is 0 Å². The van der Waals surface area contributed by atoms with Crippen LogP contribution >= 0.6 is 0 Å². The minimum atomic E-state index is -0.0534. The lowest BCUT2D eigenvalue weighted by Gasteiger charge is -2.08. The summed E-state index contributed by atoms with van der Waals surface area (Å²) in [5, 5.41) is 14.4. The van der Waals surface area contributed by atoms with Crippen molar-refractivity contribution < 1.29 is 9.47 Å². The molecule has 2 rings (SSSR count). The fourth-order valence-corrected chi connectivity index (χ4v) is 1.87. The van der Waals surface area contributed by atoms with Crippen LogP contribution in [-0.4, -0.2) is 30.2 Å². The number of nitrogens with zero attached hydrogens (tertiary/aromatic N) is 1. The van der Waals surface area contributed by atoms with Crippen LogP contribution < -0.4 is 15.2 Å². The highest BCUT2D eigenvalue weighted by atomic mass is 16.5. The van der Waals surface area contributed by atoms with E-state index in [1.54, 1.807) is 18.3 Å². The Morgan fingerprint density at radius 1 is 1.00 bits per heavy atom. The summed E-state index contributed by atoms with van der Waals surface area (Å²) in [6.45, 7) is 1.20. The summed E-state index contributed by atoms with van der Waals surface area (Å²) < 4.78 is 11.2. The molecule has 1 aromatic heterocycles. The van der Waals surface area contributed by atoms with Crippen molar-refractivity contribution in [3.05, 3.63) is 53.9 Å². The number of ether oxygens (including phenoxy) is 2. The number of pyridine rings is 1. The molecule has 0 aliphatic rings. The van der Waals surface area contributed by atoms with E-state index in [2.05, 4.69) is 4.98 Å². The number of amidine groups is 1. The molecule has 4 N–H and O–H groups in total. The van der Waals surface area contributed by atoms with Crippen LogP contribution in [0.25, 0.3) is 0 Å². The Labute approximate surface area is 135 Å². The smallest absolute Gasteiger partial charge is 0.141 e. The fourth-order valence-electron chi connectivity index (χ4n) is 1.87. The van der Waals surface area contributed by atoms with Gasteiger partial charge in [-0.2, -0.15) is 0 Å². The predicted molar refractivity (Wildman–Crippen MR) is 89.8 cm³/mol. The highest BCUT2D eigenvalue weighted by molar-refractivity contribution is 5.92. The van der Waals surface area contributed by atoms with Gasteiger partial charge in [-0.3, -0.25) is 5.41 Å². The Balaban J connectivity index is 1.61. The van der Waals surface area contributed by atoms with E-state index in [9.17, 15) is 0 Å². The quantitative estimate of drug-likeness (QED) is 0.376. The molecule has 0 bridgehead atoms. The van der Waals surface area contributed by atoms with Gasteiger partial charge >= 0.3 is 0 Å². The molecule has 0 saturated carbocycles. The molecule has 0 atom stereocenters. The maximum atomic E-state index is 7.26. The van der Waals surface area contributed by atoms with Gasteiger partial charge in [0, 0.05) is 6.21 Å². The summed E-state index contributed by atoms with van der Waals surface area (Å²) in [6.07, 6.45) is 4.62. The summed E-state index contributed by atoms with van der Waals surface area (Å²) in [5.41, 5.74) is 6.64. The van der Waals surface area contributed by atoms with Crippen molar-refractivity contribution in [3.63, 3.8) is 0 Å². The Morgan fingerprint density at radius 2 is 1.61 bits per heavy atom. The maximum Gasteiger partial charge on any atom is 0.141 e. The molecule has 0 unspecified atom stereocenters. The molecule has 6 nitrogen and oxygen atoms in total. The molecule has 0 aliphatic carbocycles. The number of nitrogens with one attached hydrogen (secondary N) is 2. The SMILES string of the molecule is N=Cc1ccc(OCCCCOc2ccc(C(=N)N)nc2)cc1. The van der Waals surface area contributed by atoms with E-state index >= 15 is 0 Å². The topological polar surface area (TPSA) is 105 Å². The lowest BCUT2D eigenvalue weighted by Crippen LogP contribution is -2.12. The number of aromatic nitrogens is 1. The molecule has 120 valence electrons. The first-order valence-electron chi connectivity index (χ1n) is 7.35. The van der Waals surface area contributed by atoms with E-state index in [4.69, 9.17) is 26.0 Å². The second kappa shape index (κ2) is 8.53. The average molecular weight is 312 g/mol. The zero-order chi connectivity index (χ0) is 16.5. The van der Waals surface area contributed by atoms with E-state index in [1.165, 1.54) is 6.21 Å². The van der Waals surface area contributed by atoms with Crippen LogP contribution in [0.1, 0.15) is 24.1 Å². The molecule has 23 heavy (non-hydrogen) atoms. The van der Waals surface area contributed by atoms with Crippen LogP contribution in [-0.2, 0) is 0 Å². The van der Waals surface area contributed by atoms with Crippen LogP contribution in [0.4, 0.5) is 0 Å². The molecule has 6 heteroatoms. The van der Waals surface area contributed by atoms with Crippen LogP contribution in [0.2, 0.25) is 0 Å². The van der Waals surface area contributed by atoms with Crippen molar-refractivity contribution in [2.45, 2.75) is 12.8 Å². The zero-order valence-corrected chi connectivity index (χ0v) is 12.8. The second-order valence-electron chi connectivity index (χ2n) is 4.91. The lowest BCUT2D eigenvalue weighted by molar-refractivity contribution is 0.266. The molecule has 0 amide bonds. The minimum absolute atomic E-state index is 0.0534. The van der Waals surface area contributed by atoms with Crippen molar-refractivity contribution in [1.82, 2.24) is 4.98 Å². The number of nitrogens with two attached hydrogens (primary N) is 1. The average Bonchev–Trinajstić information content (AvgIpc) is 2.59. The first-order valence-corrected chi connectivity index (χ1v) is 7.35. The standard InChI is InChI=1S/C17H20N4O2/c18-11-13-3-5-14(6-4-13)22-9-1-2-10-23-15-7-8-16(17(19)20)21-12-15/h3-8,11-12,18H,1-2,9-10H2,(H3,19,20). The summed E-state index contributed by atoms with van der Waals surface area (Å²) in [4.78, 5) is 4.03. The Bertz CT molecular complexity index is 639. The van der Waals surface area contributed by atoms with Gasteiger partial charge in [0.2, 0.25) is 0 Å². The van der Waals surface area contributed by atoms with E-state index in [0.29, 0.717) is 24.7 Å². The number of hydrogen-bond donors (Lipinski definition) is 3. The summed E-state index contributed by atoms with van der Waals surface area (Å²) >= 11 is 0. The van der Waals surface area contributed by atoms with Gasteiger partial charge in [-0.25, -0.2) is 4.98 Å². The molecule has 0 saturated heterocycles. The molecule has 0 fully saturated rings. The van der Waals surface area contributed by atoms with Crippen LogP contribution in [0, 0.1) is 10.8 Å². The summed E-state index contributed by atoms with van der Waals surface area (Å²) in [7, 11) is 0. The number of hydrogen-bond acceptors (Lipinski definition) is 5. The molecule has 1 heterocycles. The normalized spacial score (nSPS) is 10.1. The Morgan fingerprint density at radius 3 is 2.13 bits per heavy atom. The van der Waals surface area contributed by atoms with E-state index in [-0.39, 0.29) is 5.84 Å². The molecule has 2 aromatic rings. The van der Waals surface area contributed by atoms with Crippen molar-refractivity contribution in [3.8, 4) is 11.5 Å². The zero-order valence-electron chi connectivity index (χ0n) is 12.8. The van der Waals surface area contributed by atoms with Gasteiger partial charge < -0.3 is 20.6 Å². The van der Waals surface area contributed by atoms with Crippen molar-refractivity contribution in [1.29, 1.82) is 10.8 Å². The first kappa shape index (κ1) is 16.5. The largest absolute Gasteiger partial charge is 0.494 e. The van der Waals surface area contributed by atoms with E-state index in [1.807, 2.05) is 24.3 Å². The second-order valence-corrected chi connectivity index (χ2v) is 4.91. The Kier molecular flexibility index (Phi) is 6.11. The predicted octanol–water partition coefficient (Wildman–Crippen LogP) is 2.60. The van der Waals surface area contributed by atoms with Crippen molar-refractivity contribution >= 4 is 12.1 Å². The monoisotopic (exact) mass is 312 g/mol. The molecule has 0 spiro atoms. The Hall–Kier alpha value is -2.89. The molecular formula is C17H20N4O2.